The van der Waals surface area contributed by atoms with Gasteiger partial charge in [-0.3, -0.25) is 0 Å². The Bertz CT molecular complexity index is 1650. The van der Waals surface area contributed by atoms with Gasteiger partial charge in [-0.2, -0.15) is 4.99 Å². The Hall–Kier alpha value is -4.32. The highest BCUT2D eigenvalue weighted by Crippen LogP contribution is 2.30. The van der Waals surface area contributed by atoms with E-state index in [2.05, 4.69) is 62.1 Å². The number of nitrogens with zero attached hydrogens (tertiary/aromatic N) is 5. The molecule has 1 aromatic heterocycles. The molecule has 242 valence electrons. The van der Waals surface area contributed by atoms with Gasteiger partial charge in [0, 0.05) is 29.6 Å². The Labute approximate surface area is 271 Å². The van der Waals surface area contributed by atoms with Crippen LogP contribution in [0.5, 0.6) is 5.75 Å². The minimum Gasteiger partial charge on any atom is -0.406 e. The second kappa shape index (κ2) is 14.8. The van der Waals surface area contributed by atoms with E-state index in [0.717, 1.165) is 66.4 Å². The highest BCUT2D eigenvalue weighted by molar-refractivity contribution is 8.14. The normalized spacial score (nSPS) is 15.2. The number of amides is 2. The van der Waals surface area contributed by atoms with Crippen LogP contribution in [0.4, 0.5) is 23.7 Å². The van der Waals surface area contributed by atoms with Crippen molar-refractivity contribution in [1.29, 1.82) is 0 Å². The van der Waals surface area contributed by atoms with Gasteiger partial charge < -0.3 is 15.0 Å². The summed E-state index contributed by atoms with van der Waals surface area (Å²) in [5.41, 5.74) is 6.08. The van der Waals surface area contributed by atoms with Gasteiger partial charge in [-0.15, -0.1) is 18.3 Å². The van der Waals surface area contributed by atoms with Crippen LogP contribution in [0.15, 0.2) is 78.0 Å². The Morgan fingerprint density at radius 3 is 2.57 bits per heavy atom. The van der Waals surface area contributed by atoms with Crippen molar-refractivity contribution in [3.8, 4) is 22.8 Å². The number of nitrogens with one attached hydrogen (secondary N) is 1. The first kappa shape index (κ1) is 33.1. The summed E-state index contributed by atoms with van der Waals surface area (Å²) in [5, 5.41) is 8.25. The molecule has 1 fully saturated rings. The fourth-order valence-electron chi connectivity index (χ4n) is 5.21. The van der Waals surface area contributed by atoms with Crippen LogP contribution >= 0.6 is 11.8 Å². The number of hydrogen-bond donors (Lipinski definition) is 1. The van der Waals surface area contributed by atoms with Gasteiger partial charge in [0.05, 0.1) is 5.69 Å². The summed E-state index contributed by atoms with van der Waals surface area (Å²) in [6, 6.07) is 19.4. The summed E-state index contributed by atoms with van der Waals surface area (Å²) in [5.74, 6) is 1.12. The van der Waals surface area contributed by atoms with Crippen molar-refractivity contribution in [3.05, 3.63) is 89.7 Å². The molecule has 0 spiro atoms. The molecule has 0 bridgehead atoms. The molecule has 0 saturated carbocycles. The lowest BCUT2D eigenvalue weighted by Crippen LogP contribution is -2.37. The summed E-state index contributed by atoms with van der Waals surface area (Å²) < 4.78 is 42.7. The lowest BCUT2D eigenvalue weighted by Gasteiger charge is -2.31. The zero-order chi connectivity index (χ0) is 32.7. The third-order valence-corrected chi connectivity index (χ3v) is 8.57. The molecule has 8 nitrogen and oxygen atoms in total. The van der Waals surface area contributed by atoms with Gasteiger partial charge in [0.1, 0.15) is 12.1 Å². The number of anilines is 1. The predicted octanol–water partition coefficient (Wildman–Crippen LogP) is 8.12. The molecular weight excluding hydrogens is 613 g/mol. The van der Waals surface area contributed by atoms with E-state index in [1.54, 1.807) is 11.8 Å². The summed E-state index contributed by atoms with van der Waals surface area (Å²) in [7, 11) is 0. The number of aromatic nitrogens is 3. The number of aryl methyl sites for hydroxylation is 3. The number of hydrogen-bond acceptors (Lipinski definition) is 5. The smallest absolute Gasteiger partial charge is 0.406 e. The standard InChI is InChI=1S/C34H37F3N6O2S/c1-4-6-26-12-7-23(2)21-30(26)42-19-5-20-46-33(42)40-32(44)39-24(3)8-9-25-10-13-27(14-11-25)31-38-22-43(41-31)28-15-17-29(18-16-28)45-34(35,36)37/h7,10-18,21-22,24H,4-6,8-9,19-20H2,1-3H3,(H,39,44)/b40-33-. The quantitative estimate of drug-likeness (QED) is 0.187. The minimum absolute atomic E-state index is 0.0709. The zero-order valence-corrected chi connectivity index (χ0v) is 26.9. The van der Waals surface area contributed by atoms with E-state index in [4.69, 9.17) is 0 Å². The summed E-state index contributed by atoms with van der Waals surface area (Å²) in [6.07, 6.45) is 1.34. The zero-order valence-electron chi connectivity index (χ0n) is 26.1. The fraction of sp³-hybridized carbons (Fsp3) is 0.353. The highest BCUT2D eigenvalue weighted by Gasteiger charge is 2.31. The van der Waals surface area contributed by atoms with Crippen LogP contribution in [0.25, 0.3) is 17.1 Å². The highest BCUT2D eigenvalue weighted by atomic mass is 32.2. The lowest BCUT2D eigenvalue weighted by atomic mass is 10.0. The van der Waals surface area contributed by atoms with E-state index in [0.29, 0.717) is 11.5 Å². The van der Waals surface area contributed by atoms with E-state index in [1.807, 2.05) is 31.2 Å². The van der Waals surface area contributed by atoms with E-state index in [9.17, 15) is 18.0 Å². The first-order valence-corrected chi connectivity index (χ1v) is 16.3. The van der Waals surface area contributed by atoms with Crippen LogP contribution < -0.4 is 15.0 Å². The average Bonchev–Trinajstić information content (AvgIpc) is 3.52. The Morgan fingerprint density at radius 2 is 1.85 bits per heavy atom. The van der Waals surface area contributed by atoms with Crippen LogP contribution in [0.1, 0.15) is 49.8 Å². The number of aliphatic imine (C=N–C) groups is 1. The van der Waals surface area contributed by atoms with Crippen molar-refractivity contribution < 1.29 is 22.7 Å². The average molecular weight is 651 g/mol. The van der Waals surface area contributed by atoms with Crippen molar-refractivity contribution in [2.45, 2.75) is 65.3 Å². The second-order valence-corrected chi connectivity index (χ2v) is 12.3. The summed E-state index contributed by atoms with van der Waals surface area (Å²) >= 11 is 1.63. The number of ether oxygens (including phenoxy) is 1. The minimum atomic E-state index is -4.74. The molecule has 1 saturated heterocycles. The van der Waals surface area contributed by atoms with E-state index >= 15 is 0 Å². The van der Waals surface area contributed by atoms with Gasteiger partial charge in [-0.05, 0) is 86.6 Å². The molecule has 0 radical (unpaired) electrons. The van der Waals surface area contributed by atoms with E-state index in [-0.39, 0.29) is 17.8 Å². The number of halogens is 3. The van der Waals surface area contributed by atoms with Crippen LogP contribution in [0.2, 0.25) is 0 Å². The molecule has 2 amide bonds. The molecule has 1 N–H and O–H groups in total. The number of alkyl halides is 3. The van der Waals surface area contributed by atoms with Crippen LogP contribution in [-0.4, -0.2) is 50.7 Å². The second-order valence-electron chi connectivity index (χ2n) is 11.3. The molecule has 1 atom stereocenters. The largest absolute Gasteiger partial charge is 0.573 e. The molecule has 4 aromatic rings. The molecule has 12 heteroatoms. The van der Waals surface area contributed by atoms with Crippen molar-refractivity contribution in [2.75, 3.05) is 17.2 Å². The number of benzene rings is 3. The topological polar surface area (TPSA) is 84.6 Å². The molecule has 0 aliphatic carbocycles. The number of thioether (sulfide) groups is 1. The molecule has 2 heterocycles. The SMILES string of the molecule is CCCc1ccc(C)cc1N1CCCS/C1=N\C(=O)NC(C)CCc1ccc(-c2ncn(-c3ccc(OC(F)(F)F)cc3)n2)cc1. The molecule has 1 unspecified atom stereocenters. The van der Waals surface area contributed by atoms with Crippen molar-refractivity contribution in [1.82, 2.24) is 20.1 Å². The number of amidine groups is 1. The molecule has 5 rings (SSSR count). The van der Waals surface area contributed by atoms with Crippen LogP contribution in [0.3, 0.4) is 0 Å². The van der Waals surface area contributed by atoms with E-state index in [1.165, 1.54) is 46.4 Å². The first-order valence-electron chi connectivity index (χ1n) is 15.3. The molecule has 46 heavy (non-hydrogen) atoms. The van der Waals surface area contributed by atoms with Gasteiger partial charge in [0.2, 0.25) is 0 Å². The maximum Gasteiger partial charge on any atom is 0.573 e. The lowest BCUT2D eigenvalue weighted by molar-refractivity contribution is -0.274. The number of urea groups is 1. The van der Waals surface area contributed by atoms with Crippen LogP contribution in [0, 0.1) is 6.92 Å². The Morgan fingerprint density at radius 1 is 1.09 bits per heavy atom. The van der Waals surface area contributed by atoms with E-state index < -0.39 is 6.36 Å². The molecule has 1 aliphatic heterocycles. The predicted molar refractivity (Wildman–Crippen MR) is 177 cm³/mol. The van der Waals surface area contributed by atoms with Crippen molar-refractivity contribution in [2.24, 2.45) is 4.99 Å². The molecule has 3 aromatic carbocycles. The van der Waals surface area contributed by atoms with Gasteiger partial charge in [0.15, 0.2) is 11.0 Å². The number of carbonyl (C=O) groups excluding carboxylic acids is 1. The third kappa shape index (κ3) is 8.90. The first-order chi connectivity index (χ1) is 22.1. The van der Waals surface area contributed by atoms with Gasteiger partial charge in [-0.25, -0.2) is 14.5 Å². The maximum absolute atomic E-state index is 13.0. The molecular formula is C34H37F3N6O2S. The Balaban J connectivity index is 1.15. The number of carbonyl (C=O) groups is 1. The summed E-state index contributed by atoms with van der Waals surface area (Å²) in [6.45, 7) is 7.09. The molecule has 1 aliphatic rings. The maximum atomic E-state index is 13.0. The van der Waals surface area contributed by atoms with Gasteiger partial charge in [-0.1, -0.05) is 61.5 Å². The summed E-state index contributed by atoms with van der Waals surface area (Å²) in [4.78, 5) is 24.0. The Kier molecular flexibility index (Phi) is 10.7. The van der Waals surface area contributed by atoms with Gasteiger partial charge >= 0.3 is 12.4 Å². The van der Waals surface area contributed by atoms with Crippen LogP contribution in [-0.2, 0) is 12.8 Å². The monoisotopic (exact) mass is 650 g/mol. The fourth-order valence-corrected chi connectivity index (χ4v) is 6.16. The third-order valence-electron chi connectivity index (χ3n) is 7.51. The van der Waals surface area contributed by atoms with Crippen molar-refractivity contribution >= 4 is 28.6 Å². The van der Waals surface area contributed by atoms with Crippen molar-refractivity contribution in [3.63, 3.8) is 0 Å². The number of rotatable bonds is 10. The van der Waals surface area contributed by atoms with Gasteiger partial charge in [0.25, 0.3) is 0 Å².